The van der Waals surface area contributed by atoms with Crippen LogP contribution >= 0.6 is 15.9 Å². The lowest BCUT2D eigenvalue weighted by Gasteiger charge is -2.02. The summed E-state index contributed by atoms with van der Waals surface area (Å²) in [5.41, 5.74) is 0.681. The number of carbonyl (C=O) groups excluding carboxylic acids is 1. The van der Waals surface area contributed by atoms with Crippen LogP contribution in [0.2, 0.25) is 0 Å². The largest absolute Gasteiger partial charge is 0.292 e. The highest BCUT2D eigenvalue weighted by Gasteiger charge is 2.10. The van der Waals surface area contributed by atoms with Crippen molar-refractivity contribution in [1.82, 2.24) is 14.8 Å². The molecule has 0 bridgehead atoms. The molecule has 0 saturated heterocycles. The summed E-state index contributed by atoms with van der Waals surface area (Å²) in [6.07, 6.45) is 0. The quantitative estimate of drug-likeness (QED) is 0.817. The van der Waals surface area contributed by atoms with E-state index in [1.165, 1.54) is 0 Å². The van der Waals surface area contributed by atoms with Gasteiger partial charge >= 0.3 is 0 Å². The van der Waals surface area contributed by atoms with E-state index in [9.17, 15) is 4.79 Å². The summed E-state index contributed by atoms with van der Waals surface area (Å²) in [6, 6.07) is 7.30. The highest BCUT2D eigenvalue weighted by Crippen LogP contribution is 2.11. The molecule has 88 valence electrons. The van der Waals surface area contributed by atoms with E-state index < -0.39 is 0 Å². The highest BCUT2D eigenvalue weighted by atomic mass is 79.9. The highest BCUT2D eigenvalue weighted by molar-refractivity contribution is 9.10. The molecule has 1 aromatic heterocycles. The zero-order chi connectivity index (χ0) is 12.4. The molecule has 0 spiro atoms. The van der Waals surface area contributed by atoms with Crippen molar-refractivity contribution < 1.29 is 4.79 Å². The summed E-state index contributed by atoms with van der Waals surface area (Å²) in [6.45, 7) is 3.89. The maximum absolute atomic E-state index is 12.0. The van der Waals surface area contributed by atoms with E-state index >= 15 is 0 Å². The maximum atomic E-state index is 12.0. The number of carbonyl (C=O) groups is 1. The van der Waals surface area contributed by atoms with Crippen molar-refractivity contribution in [1.29, 1.82) is 0 Å². The minimum atomic E-state index is 0.0329. The molecule has 1 heterocycles. The molecule has 0 radical (unpaired) electrons. The molecule has 0 aliphatic carbocycles. The lowest BCUT2D eigenvalue weighted by atomic mass is 10.1. The summed E-state index contributed by atoms with van der Waals surface area (Å²) in [7, 11) is 0. The van der Waals surface area contributed by atoms with E-state index in [0.29, 0.717) is 11.4 Å². The van der Waals surface area contributed by atoms with Crippen LogP contribution in [0.25, 0.3) is 0 Å². The Hall–Kier alpha value is -1.49. The summed E-state index contributed by atoms with van der Waals surface area (Å²) >= 11 is 3.34. The van der Waals surface area contributed by atoms with Crippen LogP contribution in [0.3, 0.4) is 0 Å². The van der Waals surface area contributed by atoms with Gasteiger partial charge in [-0.15, -0.1) is 0 Å². The number of hydrogen-bond donors (Lipinski definition) is 0. The van der Waals surface area contributed by atoms with Crippen molar-refractivity contribution in [3.05, 3.63) is 46.0 Å². The first-order chi connectivity index (χ1) is 8.06. The predicted octanol–water partition coefficient (Wildman–Crippen LogP) is 2.54. The van der Waals surface area contributed by atoms with Crippen LogP contribution in [0.4, 0.5) is 0 Å². The smallest absolute Gasteiger partial charge is 0.184 e. The van der Waals surface area contributed by atoms with Gasteiger partial charge in [0.25, 0.3) is 0 Å². The molecular weight excluding hydrogens is 282 g/mol. The fourth-order valence-electron chi connectivity index (χ4n) is 1.57. The molecule has 0 unspecified atom stereocenters. The number of aryl methyl sites for hydroxylation is 2. The molecule has 0 atom stereocenters. The Morgan fingerprint density at radius 1 is 1.29 bits per heavy atom. The average molecular weight is 294 g/mol. The number of Topliss-reactive ketones (excluding diaryl/α,β-unsaturated/α-hetero) is 1. The van der Waals surface area contributed by atoms with Crippen molar-refractivity contribution in [3.8, 4) is 0 Å². The second-order valence-corrected chi connectivity index (χ2v) is 4.71. The van der Waals surface area contributed by atoms with Crippen molar-refractivity contribution >= 4 is 21.7 Å². The standard InChI is InChI=1S/C12H12BrN3O/c1-8-14-9(2)16(15-8)7-12(17)10-3-5-11(13)6-4-10/h3-6H,7H2,1-2H3. The van der Waals surface area contributed by atoms with Gasteiger partial charge in [0, 0.05) is 10.0 Å². The molecule has 2 aromatic rings. The van der Waals surface area contributed by atoms with Crippen LogP contribution < -0.4 is 0 Å². The SMILES string of the molecule is Cc1nc(C)n(CC(=O)c2ccc(Br)cc2)n1. The summed E-state index contributed by atoms with van der Waals surface area (Å²) < 4.78 is 2.58. The van der Waals surface area contributed by atoms with Gasteiger partial charge in [-0.05, 0) is 26.0 Å². The molecule has 2 rings (SSSR count). The Bertz CT molecular complexity index is 545. The summed E-state index contributed by atoms with van der Waals surface area (Å²) in [5, 5.41) is 4.17. The van der Waals surface area contributed by atoms with E-state index in [0.717, 1.165) is 10.3 Å². The van der Waals surface area contributed by atoms with E-state index in [2.05, 4.69) is 26.0 Å². The molecule has 0 amide bonds. The topological polar surface area (TPSA) is 47.8 Å². The van der Waals surface area contributed by atoms with E-state index in [1.807, 2.05) is 26.0 Å². The van der Waals surface area contributed by atoms with Gasteiger partial charge in [-0.25, -0.2) is 9.67 Å². The second kappa shape index (κ2) is 4.79. The third-order valence-corrected chi connectivity index (χ3v) is 2.95. The van der Waals surface area contributed by atoms with E-state index in [1.54, 1.807) is 16.8 Å². The maximum Gasteiger partial charge on any atom is 0.184 e. The van der Waals surface area contributed by atoms with Crippen LogP contribution in [-0.4, -0.2) is 20.5 Å². The Morgan fingerprint density at radius 3 is 2.47 bits per heavy atom. The van der Waals surface area contributed by atoms with Crippen LogP contribution in [-0.2, 0) is 6.54 Å². The first kappa shape index (κ1) is 12.0. The minimum Gasteiger partial charge on any atom is -0.292 e. The van der Waals surface area contributed by atoms with E-state index in [4.69, 9.17) is 0 Å². The first-order valence-corrected chi connectivity index (χ1v) is 6.02. The number of aromatic nitrogens is 3. The molecule has 0 N–H and O–H groups in total. The van der Waals surface area contributed by atoms with Crippen molar-refractivity contribution in [2.24, 2.45) is 0 Å². The lowest BCUT2D eigenvalue weighted by molar-refractivity contribution is 0.0966. The number of rotatable bonds is 3. The van der Waals surface area contributed by atoms with Gasteiger partial charge < -0.3 is 0 Å². The van der Waals surface area contributed by atoms with Gasteiger partial charge in [0.1, 0.15) is 18.2 Å². The van der Waals surface area contributed by atoms with Crippen molar-refractivity contribution in [2.75, 3.05) is 0 Å². The zero-order valence-electron chi connectivity index (χ0n) is 9.64. The third kappa shape index (κ3) is 2.79. The molecule has 1 aromatic carbocycles. The third-order valence-electron chi connectivity index (χ3n) is 2.42. The average Bonchev–Trinajstić information content (AvgIpc) is 2.58. The number of hydrogen-bond acceptors (Lipinski definition) is 3. The van der Waals surface area contributed by atoms with Gasteiger partial charge in [-0.1, -0.05) is 28.1 Å². The molecule has 5 heteroatoms. The zero-order valence-corrected chi connectivity index (χ0v) is 11.2. The normalized spacial score (nSPS) is 10.5. The fraction of sp³-hybridized carbons (Fsp3) is 0.250. The first-order valence-electron chi connectivity index (χ1n) is 5.23. The van der Waals surface area contributed by atoms with Gasteiger partial charge in [0.2, 0.25) is 0 Å². The van der Waals surface area contributed by atoms with Crippen molar-refractivity contribution in [3.63, 3.8) is 0 Å². The van der Waals surface area contributed by atoms with Crippen LogP contribution in [0.15, 0.2) is 28.7 Å². The van der Waals surface area contributed by atoms with Crippen LogP contribution in [0, 0.1) is 13.8 Å². The number of nitrogens with zero attached hydrogens (tertiary/aromatic N) is 3. The Labute approximate surface area is 108 Å². The Morgan fingerprint density at radius 2 is 1.94 bits per heavy atom. The molecule has 17 heavy (non-hydrogen) atoms. The number of ketones is 1. The Kier molecular flexibility index (Phi) is 3.38. The fourth-order valence-corrected chi connectivity index (χ4v) is 1.84. The predicted molar refractivity (Wildman–Crippen MR) is 68.0 cm³/mol. The van der Waals surface area contributed by atoms with Crippen molar-refractivity contribution in [2.45, 2.75) is 20.4 Å². The molecule has 4 nitrogen and oxygen atoms in total. The van der Waals surface area contributed by atoms with Gasteiger partial charge in [-0.3, -0.25) is 4.79 Å². The van der Waals surface area contributed by atoms with E-state index in [-0.39, 0.29) is 12.3 Å². The second-order valence-electron chi connectivity index (χ2n) is 3.79. The number of halogens is 1. The Balaban J connectivity index is 2.17. The molecule has 0 aliphatic heterocycles. The van der Waals surface area contributed by atoms with Crippen LogP contribution in [0.1, 0.15) is 22.0 Å². The number of benzene rings is 1. The van der Waals surface area contributed by atoms with Gasteiger partial charge in [-0.2, -0.15) is 5.10 Å². The van der Waals surface area contributed by atoms with Gasteiger partial charge in [0.05, 0.1) is 0 Å². The molecular formula is C12H12BrN3O. The summed E-state index contributed by atoms with van der Waals surface area (Å²) in [5.74, 6) is 1.48. The van der Waals surface area contributed by atoms with Gasteiger partial charge in [0.15, 0.2) is 5.78 Å². The minimum absolute atomic E-state index is 0.0329. The monoisotopic (exact) mass is 293 g/mol. The summed E-state index contributed by atoms with van der Waals surface area (Å²) in [4.78, 5) is 16.1. The molecule has 0 saturated carbocycles. The lowest BCUT2D eigenvalue weighted by Crippen LogP contribution is -2.13. The van der Waals surface area contributed by atoms with Crippen LogP contribution in [0.5, 0.6) is 0 Å². The molecule has 0 aliphatic rings. The molecule has 0 fully saturated rings.